The fraction of sp³-hybridized carbons (Fsp3) is 0.500. The van der Waals surface area contributed by atoms with Gasteiger partial charge in [-0.2, -0.15) is 0 Å². The summed E-state index contributed by atoms with van der Waals surface area (Å²) in [5.74, 6) is 0. The number of aliphatic hydroxyl groups is 1. The third-order valence-electron chi connectivity index (χ3n) is 2.24. The van der Waals surface area contributed by atoms with Gasteiger partial charge in [-0.05, 0) is 12.8 Å². The SMILES string of the molecule is NC1CC(O)(c2cnccn2)C1. The highest BCUT2D eigenvalue weighted by Crippen LogP contribution is 2.38. The van der Waals surface area contributed by atoms with E-state index in [1.54, 1.807) is 18.6 Å². The van der Waals surface area contributed by atoms with Crippen molar-refractivity contribution in [2.75, 3.05) is 0 Å². The molecule has 4 heteroatoms. The maximum Gasteiger partial charge on any atom is 0.111 e. The fourth-order valence-corrected chi connectivity index (χ4v) is 1.56. The quantitative estimate of drug-likeness (QED) is 0.603. The molecule has 0 radical (unpaired) electrons. The first-order valence-electron chi connectivity index (χ1n) is 3.95. The molecule has 2 rings (SSSR count). The molecular formula is C8H11N3O. The summed E-state index contributed by atoms with van der Waals surface area (Å²) in [5, 5.41) is 9.87. The van der Waals surface area contributed by atoms with Gasteiger partial charge in [-0.25, -0.2) is 0 Å². The van der Waals surface area contributed by atoms with Crippen molar-refractivity contribution in [3.63, 3.8) is 0 Å². The van der Waals surface area contributed by atoms with Crippen LogP contribution in [0.1, 0.15) is 18.5 Å². The summed E-state index contributed by atoms with van der Waals surface area (Å²) in [6, 6.07) is 0.108. The predicted molar refractivity (Wildman–Crippen MR) is 43.1 cm³/mol. The van der Waals surface area contributed by atoms with Crippen molar-refractivity contribution < 1.29 is 5.11 Å². The summed E-state index contributed by atoms with van der Waals surface area (Å²) in [6.07, 6.45) is 5.94. The van der Waals surface area contributed by atoms with Gasteiger partial charge in [-0.1, -0.05) is 0 Å². The lowest BCUT2D eigenvalue weighted by Gasteiger charge is -2.40. The molecule has 1 fully saturated rings. The van der Waals surface area contributed by atoms with E-state index in [1.165, 1.54) is 0 Å². The van der Waals surface area contributed by atoms with Crippen LogP contribution < -0.4 is 5.73 Å². The first kappa shape index (κ1) is 7.64. The van der Waals surface area contributed by atoms with E-state index in [1.807, 2.05) is 0 Å². The third kappa shape index (κ3) is 1.09. The van der Waals surface area contributed by atoms with Gasteiger partial charge in [-0.3, -0.25) is 9.97 Å². The molecule has 4 nitrogen and oxygen atoms in total. The van der Waals surface area contributed by atoms with Crippen LogP contribution in [0.5, 0.6) is 0 Å². The van der Waals surface area contributed by atoms with Gasteiger partial charge < -0.3 is 10.8 Å². The van der Waals surface area contributed by atoms with Gasteiger partial charge in [0.05, 0.1) is 11.9 Å². The monoisotopic (exact) mass is 165 g/mol. The van der Waals surface area contributed by atoms with E-state index in [0.717, 1.165) is 0 Å². The highest BCUT2D eigenvalue weighted by Gasteiger charge is 2.43. The van der Waals surface area contributed by atoms with Crippen LogP contribution in [0.25, 0.3) is 0 Å². The minimum atomic E-state index is -0.812. The number of hydrogen-bond acceptors (Lipinski definition) is 4. The molecule has 3 N–H and O–H groups in total. The summed E-state index contributed by atoms with van der Waals surface area (Å²) >= 11 is 0. The summed E-state index contributed by atoms with van der Waals surface area (Å²) in [6.45, 7) is 0. The van der Waals surface area contributed by atoms with Crippen molar-refractivity contribution in [3.05, 3.63) is 24.3 Å². The maximum absolute atomic E-state index is 9.87. The van der Waals surface area contributed by atoms with Crippen LogP contribution in [0.3, 0.4) is 0 Å². The third-order valence-corrected chi connectivity index (χ3v) is 2.24. The lowest BCUT2D eigenvalue weighted by atomic mass is 9.74. The summed E-state index contributed by atoms with van der Waals surface area (Å²) < 4.78 is 0. The van der Waals surface area contributed by atoms with Gasteiger partial charge in [0, 0.05) is 18.4 Å². The second-order valence-corrected chi connectivity index (χ2v) is 3.29. The lowest BCUT2D eigenvalue weighted by Crippen LogP contribution is -2.49. The van der Waals surface area contributed by atoms with Crippen LogP contribution in [-0.4, -0.2) is 21.1 Å². The second-order valence-electron chi connectivity index (χ2n) is 3.29. The van der Waals surface area contributed by atoms with Crippen molar-refractivity contribution >= 4 is 0 Å². The van der Waals surface area contributed by atoms with Gasteiger partial charge >= 0.3 is 0 Å². The topological polar surface area (TPSA) is 72.0 Å². The zero-order valence-electron chi connectivity index (χ0n) is 6.64. The van der Waals surface area contributed by atoms with E-state index < -0.39 is 5.60 Å². The number of aromatic nitrogens is 2. The van der Waals surface area contributed by atoms with E-state index in [2.05, 4.69) is 9.97 Å². The standard InChI is InChI=1S/C8H11N3O/c9-6-3-8(12,4-6)7-5-10-1-2-11-7/h1-2,5-6,12H,3-4,9H2. The first-order valence-corrected chi connectivity index (χ1v) is 3.95. The smallest absolute Gasteiger partial charge is 0.111 e. The van der Waals surface area contributed by atoms with Gasteiger partial charge in [0.15, 0.2) is 0 Å². The van der Waals surface area contributed by atoms with Gasteiger partial charge in [-0.15, -0.1) is 0 Å². The van der Waals surface area contributed by atoms with E-state index in [0.29, 0.717) is 18.5 Å². The highest BCUT2D eigenvalue weighted by atomic mass is 16.3. The number of nitrogens with zero attached hydrogens (tertiary/aromatic N) is 2. The maximum atomic E-state index is 9.87. The predicted octanol–water partition coefficient (Wildman–Crippen LogP) is -0.215. The first-order chi connectivity index (χ1) is 5.71. The molecule has 0 unspecified atom stereocenters. The molecule has 0 bridgehead atoms. The molecule has 1 aliphatic carbocycles. The molecule has 0 amide bonds. The second kappa shape index (κ2) is 2.50. The molecule has 0 atom stereocenters. The van der Waals surface area contributed by atoms with E-state index in [9.17, 15) is 5.11 Å². The Balaban J connectivity index is 2.21. The van der Waals surface area contributed by atoms with Crippen LogP contribution in [0.4, 0.5) is 0 Å². The van der Waals surface area contributed by atoms with Gasteiger partial charge in [0.1, 0.15) is 5.60 Å². The van der Waals surface area contributed by atoms with Crippen LogP contribution in [0.2, 0.25) is 0 Å². The molecule has 1 aromatic heterocycles. The summed E-state index contributed by atoms with van der Waals surface area (Å²) in [4.78, 5) is 7.93. The molecule has 0 aromatic carbocycles. The number of nitrogens with two attached hydrogens (primary N) is 1. The molecule has 1 saturated carbocycles. The molecule has 0 spiro atoms. The van der Waals surface area contributed by atoms with E-state index in [-0.39, 0.29) is 6.04 Å². The van der Waals surface area contributed by atoms with Crippen molar-refractivity contribution in [1.82, 2.24) is 9.97 Å². The van der Waals surface area contributed by atoms with Crippen molar-refractivity contribution in [1.29, 1.82) is 0 Å². The Kier molecular flexibility index (Phi) is 1.59. The Morgan fingerprint density at radius 1 is 1.50 bits per heavy atom. The Hall–Kier alpha value is -1.00. The van der Waals surface area contributed by atoms with Crippen molar-refractivity contribution in [2.24, 2.45) is 5.73 Å². The van der Waals surface area contributed by atoms with Crippen LogP contribution in [0.15, 0.2) is 18.6 Å². The Labute approximate surface area is 70.5 Å². The highest BCUT2D eigenvalue weighted by molar-refractivity contribution is 5.14. The Bertz CT molecular complexity index is 269. The van der Waals surface area contributed by atoms with E-state index in [4.69, 9.17) is 5.73 Å². The van der Waals surface area contributed by atoms with Crippen LogP contribution in [-0.2, 0) is 5.60 Å². The molecule has 0 saturated heterocycles. The number of hydrogen-bond donors (Lipinski definition) is 2. The molecule has 64 valence electrons. The summed E-state index contributed by atoms with van der Waals surface area (Å²) in [7, 11) is 0. The van der Waals surface area contributed by atoms with Gasteiger partial charge in [0.2, 0.25) is 0 Å². The number of rotatable bonds is 1. The lowest BCUT2D eigenvalue weighted by molar-refractivity contribution is -0.0562. The largest absolute Gasteiger partial charge is 0.383 e. The van der Waals surface area contributed by atoms with E-state index >= 15 is 0 Å². The molecular weight excluding hydrogens is 154 g/mol. The zero-order chi connectivity index (χ0) is 8.60. The molecule has 12 heavy (non-hydrogen) atoms. The Morgan fingerprint density at radius 2 is 2.25 bits per heavy atom. The zero-order valence-corrected chi connectivity index (χ0v) is 6.64. The van der Waals surface area contributed by atoms with Crippen molar-refractivity contribution in [2.45, 2.75) is 24.5 Å². The molecule has 1 aliphatic rings. The van der Waals surface area contributed by atoms with Crippen molar-refractivity contribution in [3.8, 4) is 0 Å². The summed E-state index contributed by atoms with van der Waals surface area (Å²) in [5.41, 5.74) is 5.40. The van der Waals surface area contributed by atoms with Gasteiger partial charge in [0.25, 0.3) is 0 Å². The average molecular weight is 165 g/mol. The molecule has 0 aliphatic heterocycles. The van der Waals surface area contributed by atoms with Crippen LogP contribution in [0, 0.1) is 0 Å². The normalized spacial score (nSPS) is 34.3. The minimum absolute atomic E-state index is 0.108. The Morgan fingerprint density at radius 3 is 2.75 bits per heavy atom. The minimum Gasteiger partial charge on any atom is -0.383 e. The molecule has 1 heterocycles. The van der Waals surface area contributed by atoms with Crippen LogP contribution >= 0.6 is 0 Å². The average Bonchev–Trinajstić information content (AvgIpc) is 2.04. The fourth-order valence-electron chi connectivity index (χ4n) is 1.56. The molecule has 1 aromatic rings.